The molecule has 0 aliphatic rings. The fourth-order valence-electron chi connectivity index (χ4n) is 2.37. The van der Waals surface area contributed by atoms with Crippen LogP contribution in [-0.4, -0.2) is 18.4 Å². The number of nitrogens with one attached hydrogen (secondary N) is 1. The van der Waals surface area contributed by atoms with E-state index in [4.69, 9.17) is 0 Å². The minimum absolute atomic E-state index is 0.0941. The second kappa shape index (κ2) is 7.05. The van der Waals surface area contributed by atoms with Gasteiger partial charge in [0.05, 0.1) is 5.69 Å². The molecule has 0 atom stereocenters. The van der Waals surface area contributed by atoms with Crippen LogP contribution in [0, 0.1) is 19.7 Å². The molecule has 23 heavy (non-hydrogen) atoms. The molecule has 2 aromatic carbocycles. The van der Waals surface area contributed by atoms with Crippen molar-refractivity contribution >= 4 is 23.2 Å². The second-order valence-electron chi connectivity index (χ2n) is 5.37. The maximum Gasteiger partial charge on any atom is 0.244 e. The summed E-state index contributed by atoms with van der Waals surface area (Å²) < 4.78 is 13.9. The van der Waals surface area contributed by atoms with E-state index in [0.717, 1.165) is 21.7 Å². The lowest BCUT2D eigenvalue weighted by Gasteiger charge is -2.21. The Hall–Kier alpha value is -2.69. The first-order valence-electron chi connectivity index (χ1n) is 7.29. The van der Waals surface area contributed by atoms with E-state index in [-0.39, 0.29) is 18.1 Å². The van der Waals surface area contributed by atoms with Gasteiger partial charge in [-0.15, -0.1) is 0 Å². The molecule has 2 aromatic rings. The Morgan fingerprint density at radius 2 is 1.65 bits per heavy atom. The highest BCUT2D eigenvalue weighted by Crippen LogP contribution is 2.21. The van der Waals surface area contributed by atoms with Crippen molar-refractivity contribution in [2.24, 2.45) is 0 Å². The number of halogens is 1. The van der Waals surface area contributed by atoms with Crippen molar-refractivity contribution in [1.29, 1.82) is 0 Å². The van der Waals surface area contributed by atoms with E-state index in [1.807, 2.05) is 32.0 Å². The number of hydrogen-bond donors (Lipinski definition) is 1. The third kappa shape index (κ3) is 3.94. The molecule has 0 bridgehead atoms. The van der Waals surface area contributed by atoms with Gasteiger partial charge in [0.25, 0.3) is 0 Å². The number of rotatable bonds is 4. The molecule has 0 spiro atoms. The molecule has 0 fully saturated rings. The molecule has 120 valence electrons. The van der Waals surface area contributed by atoms with E-state index in [2.05, 4.69) is 5.32 Å². The zero-order valence-electron chi connectivity index (χ0n) is 13.4. The molecular weight excluding hydrogens is 295 g/mol. The minimum atomic E-state index is -0.539. The van der Waals surface area contributed by atoms with Gasteiger partial charge in [0.1, 0.15) is 12.4 Å². The molecule has 0 unspecified atom stereocenters. The van der Waals surface area contributed by atoms with E-state index >= 15 is 0 Å². The van der Waals surface area contributed by atoms with Gasteiger partial charge in [0, 0.05) is 12.6 Å². The normalized spacial score (nSPS) is 10.3. The van der Waals surface area contributed by atoms with Crippen LogP contribution < -0.4 is 10.2 Å². The molecule has 0 saturated carbocycles. The predicted octanol–water partition coefficient (Wildman–Crippen LogP) is 3.43. The van der Waals surface area contributed by atoms with Gasteiger partial charge in [-0.25, -0.2) is 4.39 Å². The summed E-state index contributed by atoms with van der Waals surface area (Å²) in [5.74, 6) is -1.31. The van der Waals surface area contributed by atoms with Crippen molar-refractivity contribution < 1.29 is 14.0 Å². The molecule has 0 aliphatic carbocycles. The van der Waals surface area contributed by atoms with Gasteiger partial charge in [0.15, 0.2) is 0 Å². The molecule has 0 heterocycles. The summed E-state index contributed by atoms with van der Waals surface area (Å²) in [4.78, 5) is 25.2. The van der Waals surface area contributed by atoms with E-state index in [0.29, 0.717) is 0 Å². The van der Waals surface area contributed by atoms with Crippen LogP contribution in [0.5, 0.6) is 0 Å². The van der Waals surface area contributed by atoms with Crippen molar-refractivity contribution in [3.05, 3.63) is 59.4 Å². The maximum atomic E-state index is 13.9. The summed E-state index contributed by atoms with van der Waals surface area (Å²) >= 11 is 0. The summed E-state index contributed by atoms with van der Waals surface area (Å²) in [6.45, 7) is 4.84. The molecule has 0 aromatic heterocycles. The van der Waals surface area contributed by atoms with Crippen LogP contribution in [0.2, 0.25) is 0 Å². The number of hydrogen-bond acceptors (Lipinski definition) is 2. The van der Waals surface area contributed by atoms with Crippen LogP contribution in [0.3, 0.4) is 0 Å². The van der Waals surface area contributed by atoms with Crippen LogP contribution in [0.25, 0.3) is 0 Å². The number of anilines is 2. The average Bonchev–Trinajstić information content (AvgIpc) is 2.49. The third-order valence-electron chi connectivity index (χ3n) is 3.57. The minimum Gasteiger partial charge on any atom is -0.324 e. The second-order valence-corrected chi connectivity index (χ2v) is 5.37. The number of benzene rings is 2. The number of para-hydroxylation sites is 2. The lowest BCUT2D eigenvalue weighted by atomic mass is 10.1. The molecule has 2 rings (SSSR count). The summed E-state index contributed by atoms with van der Waals surface area (Å²) in [7, 11) is 0. The van der Waals surface area contributed by atoms with Crippen LogP contribution in [0.4, 0.5) is 15.8 Å². The van der Waals surface area contributed by atoms with Gasteiger partial charge in [0.2, 0.25) is 11.8 Å². The zero-order valence-corrected chi connectivity index (χ0v) is 13.4. The molecule has 0 aliphatic heterocycles. The summed E-state index contributed by atoms with van der Waals surface area (Å²) in [5.41, 5.74) is 2.67. The molecule has 1 N–H and O–H groups in total. The van der Waals surface area contributed by atoms with Crippen molar-refractivity contribution in [2.45, 2.75) is 20.8 Å². The first-order chi connectivity index (χ1) is 10.9. The smallest absolute Gasteiger partial charge is 0.244 e. The van der Waals surface area contributed by atoms with Crippen LogP contribution >= 0.6 is 0 Å². The van der Waals surface area contributed by atoms with Gasteiger partial charge >= 0.3 is 0 Å². The third-order valence-corrected chi connectivity index (χ3v) is 3.57. The van der Waals surface area contributed by atoms with E-state index in [1.165, 1.54) is 25.1 Å². The molecule has 0 radical (unpaired) electrons. The standard InChI is InChI=1S/C18H19FN2O2/c1-12-7-6-8-13(2)18(12)20-17(23)11-21(14(3)22)16-10-5-4-9-15(16)19/h4-10H,11H2,1-3H3,(H,20,23). The number of carbonyl (C=O) groups excluding carboxylic acids is 2. The van der Waals surface area contributed by atoms with Gasteiger partial charge in [-0.2, -0.15) is 0 Å². The summed E-state index contributed by atoms with van der Waals surface area (Å²) in [6.07, 6.45) is 0. The van der Waals surface area contributed by atoms with Gasteiger partial charge in [-0.05, 0) is 37.1 Å². The number of amides is 2. The predicted molar refractivity (Wildman–Crippen MR) is 89.0 cm³/mol. The van der Waals surface area contributed by atoms with Gasteiger partial charge in [-0.3, -0.25) is 9.59 Å². The first-order valence-corrected chi connectivity index (χ1v) is 7.29. The van der Waals surface area contributed by atoms with Crippen molar-refractivity contribution in [1.82, 2.24) is 0 Å². The highest BCUT2D eigenvalue weighted by molar-refractivity contribution is 6.02. The van der Waals surface area contributed by atoms with Crippen LogP contribution in [0.1, 0.15) is 18.1 Å². The number of carbonyl (C=O) groups is 2. The topological polar surface area (TPSA) is 49.4 Å². The monoisotopic (exact) mass is 314 g/mol. The van der Waals surface area contributed by atoms with Crippen molar-refractivity contribution in [3.63, 3.8) is 0 Å². The highest BCUT2D eigenvalue weighted by atomic mass is 19.1. The Bertz CT molecular complexity index is 723. The molecule has 0 saturated heterocycles. The molecule has 5 heteroatoms. The fourth-order valence-corrected chi connectivity index (χ4v) is 2.37. The Kier molecular flexibility index (Phi) is 5.11. The van der Waals surface area contributed by atoms with E-state index in [1.54, 1.807) is 6.07 Å². The Morgan fingerprint density at radius 1 is 1.04 bits per heavy atom. The van der Waals surface area contributed by atoms with Gasteiger partial charge < -0.3 is 10.2 Å². The average molecular weight is 314 g/mol. The Labute approximate surface area is 134 Å². The van der Waals surface area contributed by atoms with Crippen molar-refractivity contribution in [2.75, 3.05) is 16.8 Å². The van der Waals surface area contributed by atoms with E-state index in [9.17, 15) is 14.0 Å². The molecule has 4 nitrogen and oxygen atoms in total. The summed E-state index contributed by atoms with van der Waals surface area (Å²) in [5, 5.41) is 2.80. The van der Waals surface area contributed by atoms with Crippen molar-refractivity contribution in [3.8, 4) is 0 Å². The fraction of sp³-hybridized carbons (Fsp3) is 0.222. The number of nitrogens with zero attached hydrogens (tertiary/aromatic N) is 1. The highest BCUT2D eigenvalue weighted by Gasteiger charge is 2.19. The van der Waals surface area contributed by atoms with Gasteiger partial charge in [-0.1, -0.05) is 30.3 Å². The largest absolute Gasteiger partial charge is 0.324 e. The Balaban J connectivity index is 2.20. The van der Waals surface area contributed by atoms with Crippen LogP contribution in [0.15, 0.2) is 42.5 Å². The lowest BCUT2D eigenvalue weighted by Crippen LogP contribution is -2.37. The maximum absolute atomic E-state index is 13.9. The molecule has 2 amide bonds. The molecular formula is C18H19FN2O2. The quantitative estimate of drug-likeness (QED) is 0.940. The lowest BCUT2D eigenvalue weighted by molar-refractivity contribution is -0.120. The SMILES string of the molecule is CC(=O)N(CC(=O)Nc1c(C)cccc1C)c1ccccc1F. The Morgan fingerprint density at radius 3 is 2.22 bits per heavy atom. The number of aryl methyl sites for hydroxylation is 2. The summed E-state index contributed by atoms with van der Waals surface area (Å²) in [6, 6.07) is 11.6. The van der Waals surface area contributed by atoms with E-state index < -0.39 is 11.7 Å². The van der Waals surface area contributed by atoms with Crippen LogP contribution in [-0.2, 0) is 9.59 Å². The first kappa shape index (κ1) is 16.7. The zero-order chi connectivity index (χ0) is 17.0.